The Hall–Kier alpha value is -0.870. The molecule has 0 aliphatic carbocycles. The molecule has 16 heavy (non-hydrogen) atoms. The van der Waals surface area contributed by atoms with Crippen molar-refractivity contribution >= 4 is 9.84 Å². The highest BCUT2D eigenvalue weighted by Crippen LogP contribution is 2.16. The summed E-state index contributed by atoms with van der Waals surface area (Å²) in [6, 6.07) is 6.99. The standard InChI is InChI=1S/C12H19NO2S/c1-4-10-5-7-11(8-6-10)16(14,15)9-12(2,3)13/h5-8H,4,9,13H2,1-3H3. The van der Waals surface area contributed by atoms with Crippen molar-refractivity contribution in [2.24, 2.45) is 5.73 Å². The minimum atomic E-state index is -3.27. The van der Waals surface area contributed by atoms with Crippen molar-refractivity contribution in [3.63, 3.8) is 0 Å². The lowest BCUT2D eigenvalue weighted by atomic mass is 10.1. The summed E-state index contributed by atoms with van der Waals surface area (Å²) in [5, 5.41) is 0. The highest BCUT2D eigenvalue weighted by molar-refractivity contribution is 7.91. The Morgan fingerprint density at radius 1 is 1.19 bits per heavy atom. The first-order valence-corrected chi connectivity index (χ1v) is 7.00. The SMILES string of the molecule is CCc1ccc(S(=O)(=O)CC(C)(C)N)cc1. The Morgan fingerprint density at radius 3 is 2.06 bits per heavy atom. The van der Waals surface area contributed by atoms with Crippen LogP contribution in [0.15, 0.2) is 29.2 Å². The molecular weight excluding hydrogens is 222 g/mol. The van der Waals surface area contributed by atoms with Crippen molar-refractivity contribution in [2.75, 3.05) is 5.75 Å². The summed E-state index contributed by atoms with van der Waals surface area (Å²) in [4.78, 5) is 0.350. The smallest absolute Gasteiger partial charge is 0.180 e. The van der Waals surface area contributed by atoms with E-state index in [0.29, 0.717) is 4.90 Å². The number of sulfone groups is 1. The molecule has 0 radical (unpaired) electrons. The molecule has 0 spiro atoms. The van der Waals surface area contributed by atoms with Gasteiger partial charge in [0.2, 0.25) is 0 Å². The van der Waals surface area contributed by atoms with E-state index in [9.17, 15) is 8.42 Å². The van der Waals surface area contributed by atoms with E-state index < -0.39 is 15.4 Å². The van der Waals surface area contributed by atoms with E-state index in [2.05, 4.69) is 0 Å². The lowest BCUT2D eigenvalue weighted by Gasteiger charge is -2.18. The number of rotatable bonds is 4. The third kappa shape index (κ3) is 3.61. The number of benzene rings is 1. The lowest BCUT2D eigenvalue weighted by molar-refractivity contribution is 0.544. The molecule has 0 heterocycles. The molecule has 0 saturated heterocycles. The Labute approximate surface area is 97.6 Å². The van der Waals surface area contributed by atoms with Crippen LogP contribution in [-0.4, -0.2) is 19.7 Å². The van der Waals surface area contributed by atoms with Gasteiger partial charge in [0.25, 0.3) is 0 Å². The third-order valence-corrected chi connectivity index (χ3v) is 4.37. The van der Waals surface area contributed by atoms with Gasteiger partial charge < -0.3 is 5.73 Å². The summed E-state index contributed by atoms with van der Waals surface area (Å²) >= 11 is 0. The molecule has 0 unspecified atom stereocenters. The van der Waals surface area contributed by atoms with E-state index in [1.54, 1.807) is 26.0 Å². The first-order chi connectivity index (χ1) is 7.24. The molecule has 90 valence electrons. The highest BCUT2D eigenvalue weighted by atomic mass is 32.2. The molecule has 1 aromatic carbocycles. The van der Waals surface area contributed by atoms with Crippen LogP contribution < -0.4 is 5.73 Å². The van der Waals surface area contributed by atoms with Gasteiger partial charge in [0, 0.05) is 5.54 Å². The summed E-state index contributed by atoms with van der Waals surface area (Å²) in [6.07, 6.45) is 0.905. The van der Waals surface area contributed by atoms with Gasteiger partial charge in [-0.1, -0.05) is 19.1 Å². The first-order valence-electron chi connectivity index (χ1n) is 5.35. The predicted molar refractivity (Wildman–Crippen MR) is 66.1 cm³/mol. The molecule has 2 N–H and O–H groups in total. The summed E-state index contributed by atoms with van der Waals surface area (Å²) in [6.45, 7) is 5.46. The lowest BCUT2D eigenvalue weighted by Crippen LogP contribution is -2.39. The van der Waals surface area contributed by atoms with Gasteiger partial charge in [-0.05, 0) is 38.0 Å². The Balaban J connectivity index is 2.99. The molecular formula is C12H19NO2S. The predicted octanol–water partition coefficient (Wildman–Crippen LogP) is 1.76. The fourth-order valence-corrected chi connectivity index (χ4v) is 3.20. The fraction of sp³-hybridized carbons (Fsp3) is 0.500. The maximum Gasteiger partial charge on any atom is 0.180 e. The minimum Gasteiger partial charge on any atom is -0.325 e. The fourth-order valence-electron chi connectivity index (χ4n) is 1.51. The van der Waals surface area contributed by atoms with Crippen LogP contribution in [0, 0.1) is 0 Å². The van der Waals surface area contributed by atoms with Gasteiger partial charge in [-0.2, -0.15) is 0 Å². The van der Waals surface area contributed by atoms with Crippen molar-refractivity contribution in [2.45, 2.75) is 37.6 Å². The van der Waals surface area contributed by atoms with Gasteiger partial charge in [0.05, 0.1) is 10.6 Å². The largest absolute Gasteiger partial charge is 0.325 e. The van der Waals surface area contributed by atoms with Gasteiger partial charge in [-0.25, -0.2) is 8.42 Å². The normalized spacial score (nSPS) is 12.8. The second-order valence-corrected chi connectivity index (χ2v) is 6.73. The second kappa shape index (κ2) is 4.55. The quantitative estimate of drug-likeness (QED) is 0.873. The van der Waals surface area contributed by atoms with Crippen LogP contribution in [0.5, 0.6) is 0 Å². The molecule has 1 aromatic rings. The molecule has 0 amide bonds. The molecule has 0 saturated carbocycles. The van der Waals surface area contributed by atoms with Gasteiger partial charge in [-0.3, -0.25) is 0 Å². The van der Waals surface area contributed by atoms with E-state index in [4.69, 9.17) is 5.73 Å². The van der Waals surface area contributed by atoms with E-state index in [1.807, 2.05) is 19.1 Å². The maximum absolute atomic E-state index is 12.0. The average Bonchev–Trinajstić information content (AvgIpc) is 2.14. The van der Waals surface area contributed by atoms with Gasteiger partial charge >= 0.3 is 0 Å². The topological polar surface area (TPSA) is 60.2 Å². The van der Waals surface area contributed by atoms with Crippen molar-refractivity contribution < 1.29 is 8.42 Å². The van der Waals surface area contributed by atoms with Gasteiger partial charge in [-0.15, -0.1) is 0 Å². The van der Waals surface area contributed by atoms with Crippen molar-refractivity contribution in [1.82, 2.24) is 0 Å². The summed E-state index contributed by atoms with van der Waals surface area (Å²) < 4.78 is 23.9. The zero-order valence-corrected chi connectivity index (χ0v) is 10.8. The van der Waals surface area contributed by atoms with E-state index in [-0.39, 0.29) is 5.75 Å². The van der Waals surface area contributed by atoms with Crippen molar-refractivity contribution in [3.8, 4) is 0 Å². The van der Waals surface area contributed by atoms with Gasteiger partial charge in [0.1, 0.15) is 0 Å². The van der Waals surface area contributed by atoms with Crippen molar-refractivity contribution in [3.05, 3.63) is 29.8 Å². The molecule has 0 bridgehead atoms. The minimum absolute atomic E-state index is 0.0362. The summed E-state index contributed by atoms with van der Waals surface area (Å²) in [7, 11) is -3.27. The van der Waals surface area contributed by atoms with Crippen LogP contribution in [-0.2, 0) is 16.3 Å². The Kier molecular flexibility index (Phi) is 3.76. The van der Waals surface area contributed by atoms with E-state index >= 15 is 0 Å². The molecule has 0 aromatic heterocycles. The number of hydrogen-bond donors (Lipinski definition) is 1. The van der Waals surface area contributed by atoms with E-state index in [0.717, 1.165) is 12.0 Å². The van der Waals surface area contributed by atoms with Crippen LogP contribution in [0.3, 0.4) is 0 Å². The third-order valence-electron chi connectivity index (χ3n) is 2.25. The monoisotopic (exact) mass is 241 g/mol. The van der Waals surface area contributed by atoms with Crippen LogP contribution >= 0.6 is 0 Å². The molecule has 0 aliphatic heterocycles. The zero-order chi connectivity index (χ0) is 12.4. The Bertz CT molecular complexity index is 441. The van der Waals surface area contributed by atoms with Crippen LogP contribution in [0.2, 0.25) is 0 Å². The van der Waals surface area contributed by atoms with Crippen LogP contribution in [0.1, 0.15) is 26.3 Å². The Morgan fingerprint density at radius 2 is 1.69 bits per heavy atom. The van der Waals surface area contributed by atoms with E-state index in [1.165, 1.54) is 0 Å². The molecule has 1 rings (SSSR count). The zero-order valence-electron chi connectivity index (χ0n) is 10.0. The summed E-state index contributed by atoms with van der Waals surface area (Å²) in [5.74, 6) is -0.0362. The maximum atomic E-state index is 12.0. The van der Waals surface area contributed by atoms with Crippen LogP contribution in [0.4, 0.5) is 0 Å². The van der Waals surface area contributed by atoms with Crippen LogP contribution in [0.25, 0.3) is 0 Å². The molecule has 4 heteroatoms. The van der Waals surface area contributed by atoms with Gasteiger partial charge in [0.15, 0.2) is 9.84 Å². The highest BCUT2D eigenvalue weighted by Gasteiger charge is 2.23. The number of aryl methyl sites for hydroxylation is 1. The number of nitrogens with two attached hydrogens (primary N) is 1. The number of hydrogen-bond acceptors (Lipinski definition) is 3. The second-order valence-electron chi connectivity index (χ2n) is 4.75. The first kappa shape index (κ1) is 13.2. The molecule has 0 aliphatic rings. The molecule has 0 fully saturated rings. The van der Waals surface area contributed by atoms with Crippen molar-refractivity contribution in [1.29, 1.82) is 0 Å². The average molecular weight is 241 g/mol. The molecule has 3 nitrogen and oxygen atoms in total. The molecule has 0 atom stereocenters. The summed E-state index contributed by atoms with van der Waals surface area (Å²) in [5.41, 5.74) is 6.16.